The molecule has 1 aromatic carbocycles. The molecule has 1 fully saturated rings. The zero-order valence-electron chi connectivity index (χ0n) is 10.4. The van der Waals surface area contributed by atoms with E-state index in [0.717, 1.165) is 37.7 Å². The summed E-state index contributed by atoms with van der Waals surface area (Å²) < 4.78 is 12.6. The van der Waals surface area contributed by atoms with Gasteiger partial charge in [0.25, 0.3) is 0 Å². The van der Waals surface area contributed by atoms with Crippen molar-refractivity contribution in [1.29, 1.82) is 0 Å². The summed E-state index contributed by atoms with van der Waals surface area (Å²) in [6, 6.07) is 6.57. The fraction of sp³-hybridized carbons (Fsp3) is 0.538. The van der Waals surface area contributed by atoms with Gasteiger partial charge in [-0.1, -0.05) is 6.07 Å². The van der Waals surface area contributed by atoms with Crippen LogP contribution >= 0.6 is 11.8 Å². The van der Waals surface area contributed by atoms with E-state index >= 15 is 0 Å². The van der Waals surface area contributed by atoms with Crippen molar-refractivity contribution >= 4 is 11.8 Å². The molecule has 1 aromatic rings. The van der Waals surface area contributed by atoms with Crippen molar-refractivity contribution in [3.8, 4) is 11.5 Å². The highest BCUT2D eigenvalue weighted by Gasteiger charge is 2.23. The van der Waals surface area contributed by atoms with Crippen LogP contribution in [0.5, 0.6) is 11.5 Å². The first-order chi connectivity index (χ1) is 8.74. The molecule has 0 saturated carbocycles. The molecule has 0 aliphatic carbocycles. The van der Waals surface area contributed by atoms with Crippen LogP contribution in [0.2, 0.25) is 0 Å². The third kappa shape index (κ3) is 2.28. The van der Waals surface area contributed by atoms with Gasteiger partial charge in [-0.25, -0.2) is 4.42 Å². The van der Waals surface area contributed by atoms with Crippen molar-refractivity contribution in [3.05, 3.63) is 23.8 Å². The number of fused-ring (bicyclic) bond motifs is 1. The van der Waals surface area contributed by atoms with Crippen LogP contribution in [0.3, 0.4) is 0 Å². The zero-order valence-corrected chi connectivity index (χ0v) is 11.2. The lowest BCUT2D eigenvalue weighted by Crippen LogP contribution is -2.43. The Labute approximate surface area is 112 Å². The van der Waals surface area contributed by atoms with E-state index in [1.807, 2.05) is 10.5 Å². The molecule has 1 saturated heterocycles. The van der Waals surface area contributed by atoms with E-state index < -0.39 is 0 Å². The lowest BCUT2D eigenvalue weighted by atomic mass is 10.1. The molecule has 0 aromatic heterocycles. The summed E-state index contributed by atoms with van der Waals surface area (Å²) in [5.41, 5.74) is 1.27. The number of hydrogen-bond acceptors (Lipinski definition) is 4. The van der Waals surface area contributed by atoms with Gasteiger partial charge >= 0.3 is 0 Å². The summed E-state index contributed by atoms with van der Waals surface area (Å²) in [7, 11) is 0. The van der Waals surface area contributed by atoms with E-state index in [1.165, 1.54) is 5.56 Å². The SMILES string of the molecule is C[C@@H](c1ccc2c(c1)OCO2)N1CCN(Cl)CC1. The Hall–Kier alpha value is -0.970. The van der Waals surface area contributed by atoms with Crippen molar-refractivity contribution in [2.45, 2.75) is 13.0 Å². The number of hydrogen-bond donors (Lipinski definition) is 0. The molecule has 3 rings (SSSR count). The number of ether oxygens (including phenoxy) is 2. The molecule has 4 nitrogen and oxygen atoms in total. The number of nitrogens with zero attached hydrogens (tertiary/aromatic N) is 2. The van der Waals surface area contributed by atoms with Gasteiger partial charge < -0.3 is 9.47 Å². The molecule has 18 heavy (non-hydrogen) atoms. The number of halogens is 1. The highest BCUT2D eigenvalue weighted by Crippen LogP contribution is 2.35. The van der Waals surface area contributed by atoms with Crippen LogP contribution in [0.4, 0.5) is 0 Å². The van der Waals surface area contributed by atoms with Crippen LogP contribution in [0.15, 0.2) is 18.2 Å². The van der Waals surface area contributed by atoms with Crippen LogP contribution < -0.4 is 9.47 Å². The van der Waals surface area contributed by atoms with Gasteiger partial charge in [0.15, 0.2) is 11.5 Å². The van der Waals surface area contributed by atoms with E-state index in [4.69, 9.17) is 21.3 Å². The Bertz CT molecular complexity index is 433. The largest absolute Gasteiger partial charge is 0.454 e. The van der Waals surface area contributed by atoms with Crippen molar-refractivity contribution in [2.75, 3.05) is 33.0 Å². The fourth-order valence-electron chi connectivity index (χ4n) is 2.47. The predicted molar refractivity (Wildman–Crippen MR) is 70.0 cm³/mol. The summed E-state index contributed by atoms with van der Waals surface area (Å²) in [4.78, 5) is 2.44. The lowest BCUT2D eigenvalue weighted by molar-refractivity contribution is 0.147. The number of rotatable bonds is 2. The van der Waals surface area contributed by atoms with Gasteiger partial charge in [0.1, 0.15) is 0 Å². The Morgan fingerprint density at radius 1 is 1.11 bits per heavy atom. The number of benzene rings is 1. The van der Waals surface area contributed by atoms with Gasteiger partial charge in [-0.05, 0) is 36.4 Å². The Kier molecular flexibility index (Phi) is 3.33. The molecule has 98 valence electrons. The minimum Gasteiger partial charge on any atom is -0.454 e. The molecule has 0 spiro atoms. The molecular formula is C13H17ClN2O2. The summed E-state index contributed by atoms with van der Waals surface area (Å²) in [6.07, 6.45) is 0. The quantitative estimate of drug-likeness (QED) is 0.768. The van der Waals surface area contributed by atoms with Crippen molar-refractivity contribution in [3.63, 3.8) is 0 Å². The minimum atomic E-state index is 0.331. The molecule has 2 aliphatic heterocycles. The van der Waals surface area contributed by atoms with E-state index in [0.29, 0.717) is 12.8 Å². The first-order valence-electron chi connectivity index (χ1n) is 6.28. The first-order valence-corrected chi connectivity index (χ1v) is 6.62. The van der Waals surface area contributed by atoms with Crippen LogP contribution in [-0.4, -0.2) is 42.3 Å². The number of piperazine rings is 1. The molecule has 2 aliphatic rings. The standard InChI is InChI=1S/C13H17ClN2O2/c1-10(15-4-6-16(14)7-5-15)11-2-3-12-13(8-11)18-9-17-12/h2-3,8,10H,4-7,9H2,1H3/t10-/m0/s1. The topological polar surface area (TPSA) is 24.9 Å². The van der Waals surface area contributed by atoms with E-state index in [9.17, 15) is 0 Å². The molecule has 0 N–H and O–H groups in total. The molecule has 5 heteroatoms. The predicted octanol–water partition coefficient (Wildman–Crippen LogP) is 2.25. The molecule has 2 heterocycles. The first kappa shape index (κ1) is 12.1. The second kappa shape index (κ2) is 4.96. The van der Waals surface area contributed by atoms with Gasteiger partial charge in [0.05, 0.1) is 0 Å². The lowest BCUT2D eigenvalue weighted by Gasteiger charge is -2.35. The maximum atomic E-state index is 5.98. The van der Waals surface area contributed by atoms with Gasteiger partial charge in [-0.2, -0.15) is 0 Å². The van der Waals surface area contributed by atoms with Crippen molar-refractivity contribution < 1.29 is 9.47 Å². The monoisotopic (exact) mass is 268 g/mol. The third-order valence-electron chi connectivity index (χ3n) is 3.69. The van der Waals surface area contributed by atoms with Gasteiger partial charge in [-0.3, -0.25) is 4.90 Å². The molecule has 0 bridgehead atoms. The second-order valence-corrected chi connectivity index (χ2v) is 5.21. The average Bonchev–Trinajstić information content (AvgIpc) is 2.86. The zero-order chi connectivity index (χ0) is 12.5. The van der Waals surface area contributed by atoms with Crippen LogP contribution in [0.25, 0.3) is 0 Å². The molecular weight excluding hydrogens is 252 g/mol. The van der Waals surface area contributed by atoms with Crippen LogP contribution in [0, 0.1) is 0 Å². The van der Waals surface area contributed by atoms with Crippen molar-refractivity contribution in [1.82, 2.24) is 9.32 Å². The Balaban J connectivity index is 1.74. The Morgan fingerprint density at radius 3 is 2.61 bits per heavy atom. The summed E-state index contributed by atoms with van der Waals surface area (Å²) >= 11 is 5.98. The average molecular weight is 269 g/mol. The fourth-order valence-corrected chi connectivity index (χ4v) is 2.62. The third-order valence-corrected chi connectivity index (χ3v) is 4.02. The highest BCUT2D eigenvalue weighted by atomic mass is 35.5. The minimum absolute atomic E-state index is 0.331. The maximum Gasteiger partial charge on any atom is 0.231 e. The molecule has 0 radical (unpaired) electrons. The maximum absolute atomic E-state index is 5.98. The summed E-state index contributed by atoms with van der Waals surface area (Å²) in [5.74, 6) is 1.70. The van der Waals surface area contributed by atoms with Crippen LogP contribution in [-0.2, 0) is 0 Å². The van der Waals surface area contributed by atoms with Gasteiger partial charge in [0, 0.05) is 32.2 Å². The van der Waals surface area contributed by atoms with Gasteiger partial charge in [0.2, 0.25) is 6.79 Å². The second-order valence-electron chi connectivity index (χ2n) is 4.73. The van der Waals surface area contributed by atoms with Crippen LogP contribution in [0.1, 0.15) is 18.5 Å². The smallest absolute Gasteiger partial charge is 0.231 e. The van der Waals surface area contributed by atoms with E-state index in [-0.39, 0.29) is 0 Å². The Morgan fingerprint density at radius 2 is 1.83 bits per heavy atom. The van der Waals surface area contributed by atoms with E-state index in [2.05, 4.69) is 24.0 Å². The summed E-state index contributed by atoms with van der Waals surface area (Å²) in [6.45, 7) is 6.38. The summed E-state index contributed by atoms with van der Waals surface area (Å²) in [5, 5.41) is 0. The van der Waals surface area contributed by atoms with Gasteiger partial charge in [-0.15, -0.1) is 0 Å². The molecule has 0 amide bonds. The van der Waals surface area contributed by atoms with E-state index in [1.54, 1.807) is 0 Å². The molecule has 1 atom stereocenters. The normalized spacial score (nSPS) is 22.1. The molecule has 0 unspecified atom stereocenters. The highest BCUT2D eigenvalue weighted by molar-refractivity contribution is 6.13. The van der Waals surface area contributed by atoms with Crippen molar-refractivity contribution in [2.24, 2.45) is 0 Å².